The largest absolute Gasteiger partial charge is 0.394 e. The Kier molecular flexibility index (Phi) is 3.33. The first kappa shape index (κ1) is 10.2. The predicted molar refractivity (Wildman–Crippen MR) is 44.7 cm³/mol. The zero-order valence-electron chi connectivity index (χ0n) is 6.37. The number of ether oxygens (including phenoxy) is 1. The summed E-state index contributed by atoms with van der Waals surface area (Å²) in [4.78, 5) is 0. The van der Waals surface area contributed by atoms with Gasteiger partial charge in [-0.3, -0.25) is 0 Å². The minimum atomic E-state index is -1.15. The fourth-order valence-corrected chi connectivity index (χ4v) is 1.45. The average Bonchev–Trinajstić information content (AvgIpc) is 2.08. The number of thiol groups is 1. The van der Waals surface area contributed by atoms with Gasteiger partial charge in [0.05, 0.1) is 12.6 Å². The molecule has 1 saturated heterocycles. The third-order valence-corrected chi connectivity index (χ3v) is 2.41. The van der Waals surface area contributed by atoms with E-state index >= 15 is 0 Å². The van der Waals surface area contributed by atoms with E-state index in [1.807, 2.05) is 0 Å². The summed E-state index contributed by atoms with van der Waals surface area (Å²) in [5, 5.41) is 27.3. The van der Waals surface area contributed by atoms with Gasteiger partial charge < -0.3 is 25.8 Å². The van der Waals surface area contributed by atoms with Gasteiger partial charge in [-0.15, -0.1) is 12.6 Å². The van der Waals surface area contributed by atoms with Crippen molar-refractivity contribution in [3.8, 4) is 0 Å². The Balaban J connectivity index is 2.63. The van der Waals surface area contributed by atoms with Crippen molar-refractivity contribution in [2.75, 3.05) is 6.61 Å². The highest BCUT2D eigenvalue weighted by Gasteiger charge is 2.40. The lowest BCUT2D eigenvalue weighted by Crippen LogP contribution is -2.60. The van der Waals surface area contributed by atoms with Gasteiger partial charge in [0, 0.05) is 0 Å². The highest BCUT2D eigenvalue weighted by molar-refractivity contribution is 7.80. The van der Waals surface area contributed by atoms with Crippen molar-refractivity contribution in [2.24, 2.45) is 5.73 Å². The van der Waals surface area contributed by atoms with E-state index in [1.54, 1.807) is 0 Å². The standard InChI is InChI=1S/C6H13NO4S/c7-3-5(10)4(9)2(1-8)11-6(3)12/h2-6,8-10,12H,1,7H2/t2?,3?,4-,5-,6-/m0/s1. The Hall–Kier alpha value is 0.150. The summed E-state index contributed by atoms with van der Waals surface area (Å²) in [7, 11) is 0. The van der Waals surface area contributed by atoms with E-state index < -0.39 is 29.8 Å². The molecule has 12 heavy (non-hydrogen) atoms. The van der Waals surface area contributed by atoms with E-state index in [2.05, 4.69) is 12.6 Å². The summed E-state index contributed by atoms with van der Waals surface area (Å²) in [6.45, 7) is -0.359. The number of hydrogen-bond acceptors (Lipinski definition) is 6. The molecule has 5 nitrogen and oxygen atoms in total. The molecule has 0 radical (unpaired) electrons. The van der Waals surface area contributed by atoms with Crippen LogP contribution in [0.5, 0.6) is 0 Å². The van der Waals surface area contributed by atoms with Crippen LogP contribution in [0.1, 0.15) is 0 Å². The van der Waals surface area contributed by atoms with E-state index in [0.29, 0.717) is 0 Å². The van der Waals surface area contributed by atoms with Crippen molar-refractivity contribution in [1.29, 1.82) is 0 Å². The zero-order valence-corrected chi connectivity index (χ0v) is 7.26. The number of nitrogens with two attached hydrogens (primary N) is 1. The molecule has 2 unspecified atom stereocenters. The summed E-state index contributed by atoms with van der Waals surface area (Å²) in [5.74, 6) is 0. The molecule has 1 fully saturated rings. The van der Waals surface area contributed by atoms with Crippen LogP contribution < -0.4 is 5.73 Å². The van der Waals surface area contributed by atoms with Crippen LogP contribution in [0.2, 0.25) is 0 Å². The van der Waals surface area contributed by atoms with Crippen molar-refractivity contribution >= 4 is 12.6 Å². The first-order valence-corrected chi connectivity index (χ1v) is 4.15. The lowest BCUT2D eigenvalue weighted by Gasteiger charge is -2.38. The summed E-state index contributed by atoms with van der Waals surface area (Å²) in [6.07, 6.45) is -3.05. The molecule has 6 heteroatoms. The Labute approximate surface area is 75.5 Å². The normalized spacial score (nSPS) is 49.2. The Morgan fingerprint density at radius 2 is 1.92 bits per heavy atom. The van der Waals surface area contributed by atoms with E-state index in [0.717, 1.165) is 0 Å². The summed E-state index contributed by atoms with van der Waals surface area (Å²) in [5.41, 5.74) is 4.78. The number of aliphatic hydroxyl groups is 3. The molecule has 0 spiro atoms. The average molecular weight is 195 g/mol. The van der Waals surface area contributed by atoms with E-state index in [1.165, 1.54) is 0 Å². The van der Waals surface area contributed by atoms with Gasteiger partial charge in [-0.25, -0.2) is 0 Å². The maximum atomic E-state index is 9.30. The second-order valence-electron chi connectivity index (χ2n) is 2.81. The van der Waals surface area contributed by atoms with Gasteiger partial charge in [0.15, 0.2) is 0 Å². The van der Waals surface area contributed by atoms with E-state index in [9.17, 15) is 10.2 Å². The topological polar surface area (TPSA) is 95.9 Å². The van der Waals surface area contributed by atoms with Gasteiger partial charge in [0.1, 0.15) is 23.7 Å². The van der Waals surface area contributed by atoms with Crippen molar-refractivity contribution in [1.82, 2.24) is 0 Å². The monoisotopic (exact) mass is 195 g/mol. The van der Waals surface area contributed by atoms with Crippen LogP contribution in [-0.2, 0) is 4.74 Å². The number of rotatable bonds is 1. The van der Waals surface area contributed by atoms with Crippen LogP contribution in [0, 0.1) is 0 Å². The van der Waals surface area contributed by atoms with Crippen molar-refractivity contribution in [3.63, 3.8) is 0 Å². The van der Waals surface area contributed by atoms with Crippen LogP contribution in [0.3, 0.4) is 0 Å². The summed E-state index contributed by atoms with van der Waals surface area (Å²) >= 11 is 3.94. The molecule has 1 rings (SSSR count). The van der Waals surface area contributed by atoms with E-state index in [4.69, 9.17) is 15.6 Å². The zero-order chi connectivity index (χ0) is 9.30. The highest BCUT2D eigenvalue weighted by Crippen LogP contribution is 2.21. The molecule has 5 atom stereocenters. The van der Waals surface area contributed by atoms with Gasteiger partial charge in [-0.1, -0.05) is 0 Å². The molecule has 5 N–H and O–H groups in total. The molecule has 0 bridgehead atoms. The molecule has 0 aliphatic carbocycles. The lowest BCUT2D eigenvalue weighted by atomic mass is 9.99. The van der Waals surface area contributed by atoms with Gasteiger partial charge in [0.25, 0.3) is 0 Å². The van der Waals surface area contributed by atoms with Crippen molar-refractivity contribution in [3.05, 3.63) is 0 Å². The Morgan fingerprint density at radius 3 is 2.42 bits per heavy atom. The summed E-state index contributed by atoms with van der Waals surface area (Å²) < 4.78 is 5.01. The van der Waals surface area contributed by atoms with Crippen LogP contribution in [0.4, 0.5) is 0 Å². The third-order valence-electron chi connectivity index (χ3n) is 1.95. The molecule has 0 aromatic carbocycles. The second-order valence-corrected chi connectivity index (χ2v) is 3.32. The molecule has 72 valence electrons. The first-order chi connectivity index (χ1) is 5.57. The maximum absolute atomic E-state index is 9.30. The van der Waals surface area contributed by atoms with Crippen LogP contribution in [-0.4, -0.2) is 51.7 Å². The first-order valence-electron chi connectivity index (χ1n) is 3.64. The molecule has 1 heterocycles. The molecule has 0 aromatic heterocycles. The highest BCUT2D eigenvalue weighted by atomic mass is 32.1. The van der Waals surface area contributed by atoms with Crippen molar-refractivity contribution in [2.45, 2.75) is 29.8 Å². The molecule has 1 aliphatic heterocycles. The minimum absolute atomic E-state index is 0.359. The van der Waals surface area contributed by atoms with E-state index in [-0.39, 0.29) is 6.61 Å². The lowest BCUT2D eigenvalue weighted by molar-refractivity contribution is -0.165. The van der Waals surface area contributed by atoms with Crippen LogP contribution >= 0.6 is 12.6 Å². The third kappa shape index (κ3) is 1.73. The van der Waals surface area contributed by atoms with Crippen molar-refractivity contribution < 1.29 is 20.1 Å². The Morgan fingerprint density at radius 1 is 1.33 bits per heavy atom. The van der Waals surface area contributed by atoms with Gasteiger partial charge in [-0.2, -0.15) is 0 Å². The molecule has 1 aliphatic rings. The number of hydrogen-bond donors (Lipinski definition) is 5. The summed E-state index contributed by atoms with van der Waals surface area (Å²) in [6, 6.07) is -0.730. The number of aliphatic hydroxyl groups excluding tert-OH is 3. The van der Waals surface area contributed by atoms with Gasteiger partial charge in [-0.05, 0) is 0 Å². The van der Waals surface area contributed by atoms with Crippen LogP contribution in [0.15, 0.2) is 0 Å². The SMILES string of the molecule is NC1[C@H](S)OC(CO)[C@H](O)[C@H]1O. The maximum Gasteiger partial charge on any atom is 0.118 e. The molecular formula is C6H13NO4S. The second kappa shape index (κ2) is 3.91. The molecule has 0 aromatic rings. The fourth-order valence-electron chi connectivity index (χ4n) is 1.12. The van der Waals surface area contributed by atoms with Gasteiger partial charge in [0.2, 0.25) is 0 Å². The smallest absolute Gasteiger partial charge is 0.118 e. The van der Waals surface area contributed by atoms with Gasteiger partial charge >= 0.3 is 0 Å². The fraction of sp³-hybridized carbons (Fsp3) is 1.00. The minimum Gasteiger partial charge on any atom is -0.394 e. The molecule has 0 amide bonds. The predicted octanol–water partition coefficient (Wildman–Crippen LogP) is -2.32. The quantitative estimate of drug-likeness (QED) is 0.303. The molecule has 0 saturated carbocycles. The Bertz CT molecular complexity index is 154. The molecular weight excluding hydrogens is 182 g/mol. The van der Waals surface area contributed by atoms with Crippen LogP contribution in [0.25, 0.3) is 0 Å².